The van der Waals surface area contributed by atoms with Crippen molar-refractivity contribution in [1.29, 1.82) is 0 Å². The number of halogens is 3. The lowest BCUT2D eigenvalue weighted by atomic mass is 10.2. The average Bonchev–Trinajstić information content (AvgIpc) is 2.76. The van der Waals surface area contributed by atoms with E-state index in [1.807, 2.05) is 0 Å². The van der Waals surface area contributed by atoms with Crippen molar-refractivity contribution in [2.75, 3.05) is 0 Å². The van der Waals surface area contributed by atoms with Crippen molar-refractivity contribution in [2.24, 2.45) is 5.73 Å². The topological polar surface area (TPSA) is 43.8 Å². The van der Waals surface area contributed by atoms with Gasteiger partial charge in [0.2, 0.25) is 0 Å². The van der Waals surface area contributed by atoms with Crippen LogP contribution in [-0.2, 0) is 12.7 Å². The van der Waals surface area contributed by atoms with E-state index in [9.17, 15) is 13.2 Å². The van der Waals surface area contributed by atoms with Gasteiger partial charge in [0.05, 0.1) is 12.1 Å². The quantitative estimate of drug-likeness (QED) is 0.877. The Hall–Kier alpha value is -1.82. The van der Waals surface area contributed by atoms with Gasteiger partial charge in [-0.15, -0.1) is 0 Å². The normalized spacial score (nSPS) is 11.8. The highest BCUT2D eigenvalue weighted by Crippen LogP contribution is 2.30. The second-order valence-corrected chi connectivity index (χ2v) is 3.47. The number of alkyl halides is 3. The van der Waals surface area contributed by atoms with E-state index in [2.05, 4.69) is 4.98 Å². The van der Waals surface area contributed by atoms with Crippen molar-refractivity contribution < 1.29 is 13.2 Å². The molecule has 0 saturated heterocycles. The molecule has 6 heteroatoms. The summed E-state index contributed by atoms with van der Waals surface area (Å²) in [6.45, 7) is 0.170. The van der Waals surface area contributed by atoms with Gasteiger partial charge in [0, 0.05) is 18.1 Å². The summed E-state index contributed by atoms with van der Waals surface area (Å²) in [6, 6.07) is 5.04. The zero-order chi connectivity index (χ0) is 12.5. The summed E-state index contributed by atoms with van der Waals surface area (Å²) in [4.78, 5) is 3.96. The third-order valence-corrected chi connectivity index (χ3v) is 2.35. The van der Waals surface area contributed by atoms with E-state index in [0.29, 0.717) is 11.5 Å². The minimum absolute atomic E-state index is 0.170. The first-order valence-electron chi connectivity index (χ1n) is 4.92. The molecule has 90 valence electrons. The van der Waals surface area contributed by atoms with E-state index in [4.69, 9.17) is 5.73 Å². The van der Waals surface area contributed by atoms with Crippen LogP contribution in [0.3, 0.4) is 0 Å². The van der Waals surface area contributed by atoms with Crippen LogP contribution in [-0.4, -0.2) is 9.55 Å². The van der Waals surface area contributed by atoms with Crippen molar-refractivity contribution in [3.05, 3.63) is 48.0 Å². The molecule has 0 saturated carbocycles. The summed E-state index contributed by atoms with van der Waals surface area (Å²) < 4.78 is 39.2. The van der Waals surface area contributed by atoms with Gasteiger partial charge >= 0.3 is 6.18 Å². The first-order valence-corrected chi connectivity index (χ1v) is 4.92. The third kappa shape index (κ3) is 2.31. The zero-order valence-electron chi connectivity index (χ0n) is 8.78. The number of hydrogen-bond acceptors (Lipinski definition) is 2. The molecule has 0 unspecified atom stereocenters. The van der Waals surface area contributed by atoms with Gasteiger partial charge < -0.3 is 10.3 Å². The summed E-state index contributed by atoms with van der Waals surface area (Å²) in [5.74, 6) is 0.518. The van der Waals surface area contributed by atoms with Crippen molar-refractivity contribution in [2.45, 2.75) is 12.7 Å². The second kappa shape index (κ2) is 4.21. The largest absolute Gasteiger partial charge is 0.416 e. The molecule has 0 bridgehead atoms. The van der Waals surface area contributed by atoms with E-state index < -0.39 is 11.7 Å². The molecule has 2 aromatic rings. The van der Waals surface area contributed by atoms with Gasteiger partial charge in [0.25, 0.3) is 0 Å². The highest BCUT2D eigenvalue weighted by molar-refractivity contribution is 5.38. The molecule has 0 atom stereocenters. The minimum Gasteiger partial charge on any atom is -0.324 e. The van der Waals surface area contributed by atoms with Crippen LogP contribution in [0, 0.1) is 0 Å². The Labute approximate surface area is 95.7 Å². The van der Waals surface area contributed by atoms with Crippen molar-refractivity contribution >= 4 is 0 Å². The minimum atomic E-state index is -4.35. The highest BCUT2D eigenvalue weighted by Gasteiger charge is 2.30. The molecule has 2 rings (SSSR count). The first kappa shape index (κ1) is 11.7. The Morgan fingerprint density at radius 3 is 2.71 bits per heavy atom. The van der Waals surface area contributed by atoms with E-state index in [0.717, 1.165) is 12.1 Å². The molecule has 0 aliphatic heterocycles. The van der Waals surface area contributed by atoms with Crippen molar-refractivity contribution in [3.63, 3.8) is 0 Å². The van der Waals surface area contributed by atoms with Crippen molar-refractivity contribution in [3.8, 4) is 5.69 Å². The van der Waals surface area contributed by atoms with Gasteiger partial charge in [-0.05, 0) is 18.2 Å². The van der Waals surface area contributed by atoms with E-state index >= 15 is 0 Å². The molecule has 0 fully saturated rings. The standard InChI is InChI=1S/C11H10F3N3/c12-11(13,14)8-2-1-3-9(6-8)17-5-4-16-10(17)7-15/h1-6H,7,15H2. The summed E-state index contributed by atoms with van der Waals surface area (Å²) in [5, 5.41) is 0. The molecule has 1 aromatic heterocycles. The number of hydrogen-bond donors (Lipinski definition) is 1. The van der Waals surface area contributed by atoms with Gasteiger partial charge in [0.15, 0.2) is 0 Å². The molecule has 2 N–H and O–H groups in total. The number of nitrogens with two attached hydrogens (primary N) is 1. The van der Waals surface area contributed by atoms with Gasteiger partial charge in [-0.2, -0.15) is 13.2 Å². The van der Waals surface area contributed by atoms with E-state index in [1.165, 1.54) is 16.8 Å². The number of benzene rings is 1. The van der Waals surface area contributed by atoms with Gasteiger partial charge in [0.1, 0.15) is 5.82 Å². The first-order chi connectivity index (χ1) is 8.02. The second-order valence-electron chi connectivity index (χ2n) is 3.47. The number of rotatable bonds is 2. The fourth-order valence-corrected chi connectivity index (χ4v) is 1.55. The van der Waals surface area contributed by atoms with Crippen LogP contribution in [0.5, 0.6) is 0 Å². The molecule has 17 heavy (non-hydrogen) atoms. The Bertz CT molecular complexity index is 517. The van der Waals surface area contributed by atoms with Crippen molar-refractivity contribution in [1.82, 2.24) is 9.55 Å². The summed E-state index contributed by atoms with van der Waals surface area (Å²) in [7, 11) is 0. The highest BCUT2D eigenvalue weighted by atomic mass is 19.4. The Kier molecular flexibility index (Phi) is 2.89. The van der Waals surface area contributed by atoms with Crippen LogP contribution in [0.25, 0.3) is 5.69 Å². The average molecular weight is 241 g/mol. The lowest BCUT2D eigenvalue weighted by Crippen LogP contribution is -2.09. The lowest BCUT2D eigenvalue weighted by Gasteiger charge is -2.10. The maximum atomic E-state index is 12.5. The SMILES string of the molecule is NCc1nccn1-c1cccc(C(F)(F)F)c1. The lowest BCUT2D eigenvalue weighted by molar-refractivity contribution is -0.137. The van der Waals surface area contributed by atoms with E-state index in [-0.39, 0.29) is 6.54 Å². The summed E-state index contributed by atoms with van der Waals surface area (Å²) in [6.07, 6.45) is -1.26. The molecule has 1 heterocycles. The van der Waals surface area contributed by atoms with Crippen LogP contribution in [0.2, 0.25) is 0 Å². The van der Waals surface area contributed by atoms with Crippen LogP contribution in [0.15, 0.2) is 36.7 Å². The molecule has 0 amide bonds. The van der Waals surface area contributed by atoms with E-state index in [1.54, 1.807) is 12.3 Å². The monoisotopic (exact) mass is 241 g/mol. The molecule has 3 nitrogen and oxygen atoms in total. The number of aromatic nitrogens is 2. The maximum Gasteiger partial charge on any atom is 0.416 e. The molecule has 0 aliphatic rings. The third-order valence-electron chi connectivity index (χ3n) is 2.35. The molecular formula is C11H10F3N3. The molecule has 1 aromatic carbocycles. The van der Waals surface area contributed by atoms with Crippen LogP contribution in [0.4, 0.5) is 13.2 Å². The van der Waals surface area contributed by atoms with Gasteiger partial charge in [-0.3, -0.25) is 0 Å². The van der Waals surface area contributed by atoms with Gasteiger partial charge in [-0.25, -0.2) is 4.98 Å². The number of imidazole rings is 1. The molecule has 0 radical (unpaired) electrons. The van der Waals surface area contributed by atoms with Gasteiger partial charge in [-0.1, -0.05) is 6.07 Å². The fraction of sp³-hybridized carbons (Fsp3) is 0.182. The molecular weight excluding hydrogens is 231 g/mol. The fourth-order valence-electron chi connectivity index (χ4n) is 1.55. The Morgan fingerprint density at radius 1 is 1.29 bits per heavy atom. The predicted molar refractivity (Wildman–Crippen MR) is 56.5 cm³/mol. The molecule has 0 aliphatic carbocycles. The van der Waals surface area contributed by atoms with Crippen LogP contribution in [0.1, 0.15) is 11.4 Å². The molecule has 0 spiro atoms. The predicted octanol–water partition coefficient (Wildman–Crippen LogP) is 2.35. The van der Waals surface area contributed by atoms with Crippen LogP contribution < -0.4 is 5.73 Å². The summed E-state index contributed by atoms with van der Waals surface area (Å²) >= 11 is 0. The zero-order valence-corrected chi connectivity index (χ0v) is 8.78. The Balaban J connectivity index is 2.47. The summed E-state index contributed by atoms with van der Waals surface area (Å²) in [5.41, 5.74) is 5.16. The van der Waals surface area contributed by atoms with Crippen LogP contribution >= 0.6 is 0 Å². The Morgan fingerprint density at radius 2 is 2.06 bits per heavy atom. The smallest absolute Gasteiger partial charge is 0.324 e. The maximum absolute atomic E-state index is 12.5. The number of nitrogens with zero attached hydrogens (tertiary/aromatic N) is 2.